The molecule has 0 saturated carbocycles. The molecule has 0 radical (unpaired) electrons. The second-order valence-electron chi connectivity index (χ2n) is 5.79. The summed E-state index contributed by atoms with van der Waals surface area (Å²) in [7, 11) is -3.88. The summed E-state index contributed by atoms with van der Waals surface area (Å²) in [4.78, 5) is 3.96. The molecule has 25 heavy (non-hydrogen) atoms. The number of benzene rings is 2. The Labute approximate surface area is 146 Å². The number of sulfonamides is 1. The number of hydrogen-bond acceptors (Lipinski definition) is 3. The van der Waals surface area contributed by atoms with E-state index >= 15 is 0 Å². The molecule has 1 heterocycles. The van der Waals surface area contributed by atoms with E-state index in [2.05, 4.69) is 9.71 Å². The average molecular weight is 356 g/mol. The lowest BCUT2D eigenvalue weighted by Crippen LogP contribution is -2.14. The molecular weight excluding hydrogens is 339 g/mol. The average Bonchev–Trinajstić information content (AvgIpc) is 2.60. The van der Waals surface area contributed by atoms with Gasteiger partial charge in [0.1, 0.15) is 5.82 Å². The zero-order valence-electron chi connectivity index (χ0n) is 13.8. The highest BCUT2D eigenvalue weighted by Gasteiger charge is 2.17. The second kappa shape index (κ2) is 6.64. The molecule has 0 fully saturated rings. The minimum Gasteiger partial charge on any atom is -0.279 e. The van der Waals surface area contributed by atoms with Crippen molar-refractivity contribution in [2.45, 2.75) is 18.7 Å². The summed E-state index contributed by atoms with van der Waals surface area (Å²) >= 11 is 0. The molecule has 0 bridgehead atoms. The van der Waals surface area contributed by atoms with Gasteiger partial charge >= 0.3 is 0 Å². The summed E-state index contributed by atoms with van der Waals surface area (Å²) in [5.41, 5.74) is 3.33. The first-order chi connectivity index (χ1) is 11.9. The number of nitrogens with zero attached hydrogens (tertiary/aromatic N) is 1. The van der Waals surface area contributed by atoms with Gasteiger partial charge in [-0.25, -0.2) is 12.8 Å². The quantitative estimate of drug-likeness (QED) is 0.758. The van der Waals surface area contributed by atoms with Crippen LogP contribution in [0.5, 0.6) is 0 Å². The predicted molar refractivity (Wildman–Crippen MR) is 96.4 cm³/mol. The van der Waals surface area contributed by atoms with Gasteiger partial charge in [0, 0.05) is 18.0 Å². The molecule has 0 atom stereocenters. The van der Waals surface area contributed by atoms with E-state index < -0.39 is 15.8 Å². The number of halogens is 1. The van der Waals surface area contributed by atoms with Crippen LogP contribution in [0.1, 0.15) is 11.1 Å². The third-order valence-corrected chi connectivity index (χ3v) is 5.29. The van der Waals surface area contributed by atoms with E-state index in [1.54, 1.807) is 32.3 Å². The van der Waals surface area contributed by atoms with Crippen LogP contribution < -0.4 is 4.72 Å². The summed E-state index contributed by atoms with van der Waals surface area (Å²) < 4.78 is 41.4. The normalized spacial score (nSPS) is 11.3. The zero-order valence-corrected chi connectivity index (χ0v) is 14.6. The summed E-state index contributed by atoms with van der Waals surface area (Å²) in [6, 6.07) is 13.0. The number of pyridine rings is 1. The summed E-state index contributed by atoms with van der Waals surface area (Å²) in [5.74, 6) is -0.552. The highest BCUT2D eigenvalue weighted by Crippen LogP contribution is 2.27. The maximum Gasteiger partial charge on any atom is 0.262 e. The molecule has 0 aliphatic rings. The van der Waals surface area contributed by atoms with Crippen molar-refractivity contribution in [3.63, 3.8) is 0 Å². The van der Waals surface area contributed by atoms with Crippen LogP contribution in [0.3, 0.4) is 0 Å². The SMILES string of the molecule is Cc1ccc(S(=O)(=O)Nc2cc(-c3cccnc3)ccc2C)cc1F. The minimum absolute atomic E-state index is 0.109. The molecule has 1 N–H and O–H groups in total. The van der Waals surface area contributed by atoms with Gasteiger partial charge in [0.25, 0.3) is 10.0 Å². The smallest absolute Gasteiger partial charge is 0.262 e. The molecule has 128 valence electrons. The third-order valence-electron chi connectivity index (χ3n) is 3.93. The van der Waals surface area contributed by atoms with Crippen LogP contribution in [0.2, 0.25) is 0 Å². The lowest BCUT2D eigenvalue weighted by atomic mass is 10.0. The Morgan fingerprint density at radius 2 is 1.72 bits per heavy atom. The van der Waals surface area contributed by atoms with Gasteiger partial charge in [0.05, 0.1) is 10.6 Å². The Bertz CT molecular complexity index is 1020. The number of aryl methyl sites for hydroxylation is 2. The van der Waals surface area contributed by atoms with Crippen molar-refractivity contribution in [1.29, 1.82) is 0 Å². The van der Waals surface area contributed by atoms with E-state index in [1.165, 1.54) is 12.1 Å². The molecule has 2 aromatic carbocycles. The minimum atomic E-state index is -3.88. The van der Waals surface area contributed by atoms with Crippen molar-refractivity contribution in [2.75, 3.05) is 4.72 Å². The van der Waals surface area contributed by atoms with Crippen LogP contribution in [-0.4, -0.2) is 13.4 Å². The van der Waals surface area contributed by atoms with Gasteiger partial charge in [-0.2, -0.15) is 0 Å². The highest BCUT2D eigenvalue weighted by molar-refractivity contribution is 7.92. The van der Waals surface area contributed by atoms with E-state index in [0.29, 0.717) is 11.3 Å². The molecule has 6 heteroatoms. The number of anilines is 1. The number of hydrogen-bond donors (Lipinski definition) is 1. The van der Waals surface area contributed by atoms with Gasteiger partial charge < -0.3 is 0 Å². The molecule has 3 rings (SSSR count). The van der Waals surface area contributed by atoms with E-state index in [1.807, 2.05) is 24.3 Å². The Kier molecular flexibility index (Phi) is 4.55. The standard InChI is InChI=1S/C19H17FN2O2S/c1-13-6-8-17(11-18(13)20)25(23,24)22-19-10-15(7-5-14(19)2)16-4-3-9-21-12-16/h3-12,22H,1-2H3. The Morgan fingerprint density at radius 1 is 0.960 bits per heavy atom. The first-order valence-corrected chi connectivity index (χ1v) is 9.15. The van der Waals surface area contributed by atoms with E-state index in [-0.39, 0.29) is 4.90 Å². The lowest BCUT2D eigenvalue weighted by molar-refractivity contribution is 0.593. The molecule has 4 nitrogen and oxygen atoms in total. The molecule has 0 unspecified atom stereocenters. The number of rotatable bonds is 4. The maximum absolute atomic E-state index is 13.7. The molecule has 1 aromatic heterocycles. The molecule has 0 aliphatic carbocycles. The van der Waals surface area contributed by atoms with Gasteiger partial charge in [-0.15, -0.1) is 0 Å². The molecule has 0 aliphatic heterocycles. The van der Waals surface area contributed by atoms with Crippen LogP contribution in [0, 0.1) is 19.7 Å². The van der Waals surface area contributed by atoms with Gasteiger partial charge in [-0.1, -0.05) is 24.3 Å². The van der Waals surface area contributed by atoms with Gasteiger partial charge in [0.15, 0.2) is 0 Å². The van der Waals surface area contributed by atoms with Crippen LogP contribution >= 0.6 is 0 Å². The summed E-state index contributed by atoms with van der Waals surface area (Å²) in [6.45, 7) is 3.39. The number of nitrogens with one attached hydrogen (secondary N) is 1. The fourth-order valence-electron chi connectivity index (χ4n) is 2.39. The van der Waals surface area contributed by atoms with Crippen molar-refractivity contribution in [1.82, 2.24) is 4.98 Å². The fourth-order valence-corrected chi connectivity index (χ4v) is 3.52. The van der Waals surface area contributed by atoms with Crippen molar-refractivity contribution >= 4 is 15.7 Å². The topological polar surface area (TPSA) is 59.1 Å². The molecule has 0 spiro atoms. The maximum atomic E-state index is 13.7. The summed E-state index contributed by atoms with van der Waals surface area (Å²) in [5, 5.41) is 0. The van der Waals surface area contributed by atoms with Gasteiger partial charge in [-0.05, 0) is 54.8 Å². The van der Waals surface area contributed by atoms with Crippen molar-refractivity contribution in [3.8, 4) is 11.1 Å². The highest BCUT2D eigenvalue weighted by atomic mass is 32.2. The monoisotopic (exact) mass is 356 g/mol. The third kappa shape index (κ3) is 3.69. The second-order valence-corrected chi connectivity index (χ2v) is 7.47. The van der Waals surface area contributed by atoms with E-state index in [9.17, 15) is 12.8 Å². The molecule has 0 saturated heterocycles. The van der Waals surface area contributed by atoms with Gasteiger partial charge in [-0.3, -0.25) is 9.71 Å². The predicted octanol–water partition coefficient (Wildman–Crippen LogP) is 4.31. The lowest BCUT2D eigenvalue weighted by Gasteiger charge is -2.13. The Hall–Kier alpha value is -2.73. The van der Waals surface area contributed by atoms with Crippen LogP contribution in [-0.2, 0) is 10.0 Å². The zero-order chi connectivity index (χ0) is 18.0. The van der Waals surface area contributed by atoms with Crippen molar-refractivity contribution in [3.05, 3.63) is 77.9 Å². The molecular formula is C19H17FN2O2S. The molecule has 3 aromatic rings. The first kappa shape index (κ1) is 17.1. The largest absolute Gasteiger partial charge is 0.279 e. The van der Waals surface area contributed by atoms with Crippen LogP contribution in [0.25, 0.3) is 11.1 Å². The number of aromatic nitrogens is 1. The molecule has 0 amide bonds. The van der Waals surface area contributed by atoms with Crippen LogP contribution in [0.15, 0.2) is 65.8 Å². The van der Waals surface area contributed by atoms with E-state index in [4.69, 9.17) is 0 Å². The Morgan fingerprint density at radius 3 is 2.40 bits per heavy atom. The van der Waals surface area contributed by atoms with E-state index in [0.717, 1.165) is 22.8 Å². The van der Waals surface area contributed by atoms with Crippen molar-refractivity contribution in [2.24, 2.45) is 0 Å². The van der Waals surface area contributed by atoms with Crippen molar-refractivity contribution < 1.29 is 12.8 Å². The Balaban J connectivity index is 1.98. The van der Waals surface area contributed by atoms with Gasteiger partial charge in [0.2, 0.25) is 0 Å². The first-order valence-electron chi connectivity index (χ1n) is 7.67. The fraction of sp³-hybridized carbons (Fsp3) is 0.105. The van der Waals surface area contributed by atoms with Crippen LogP contribution in [0.4, 0.5) is 10.1 Å². The summed E-state index contributed by atoms with van der Waals surface area (Å²) in [6.07, 6.45) is 3.38.